The molecule has 11 rings (SSSR count). The molecule has 3 heterocycles. The Kier molecular flexibility index (Phi) is 5.57. The Labute approximate surface area is 335 Å². The van der Waals surface area contributed by atoms with Gasteiger partial charge in [0.15, 0.2) is 17.5 Å². The summed E-state index contributed by atoms with van der Waals surface area (Å²) in [5, 5.41) is 2.39. The van der Waals surface area contributed by atoms with Crippen molar-refractivity contribution in [2.75, 3.05) is 0 Å². The molecule has 0 spiro atoms. The Morgan fingerprint density at radius 3 is 1.89 bits per heavy atom. The maximum absolute atomic E-state index is 9.37. The second-order valence-corrected chi connectivity index (χ2v) is 13.4. The van der Waals surface area contributed by atoms with Gasteiger partial charge in [-0.2, -0.15) is 0 Å². The average molecular weight is 726 g/mol. The van der Waals surface area contributed by atoms with E-state index in [4.69, 9.17) is 29.0 Å². The largest absolute Gasteiger partial charge is 0.456 e. The minimum Gasteiger partial charge on any atom is -0.456 e. The monoisotopic (exact) mass is 725 g/mol. The Hall–Kier alpha value is -7.63. The van der Waals surface area contributed by atoms with Gasteiger partial charge >= 0.3 is 0 Å². The molecule has 262 valence electrons. The highest BCUT2D eigenvalue weighted by atomic mass is 16.3. The maximum atomic E-state index is 9.37. The zero-order chi connectivity index (χ0) is 44.8. The molecule has 0 unspecified atom stereocenters. The lowest BCUT2D eigenvalue weighted by Gasteiger charge is -2.14. The quantitative estimate of drug-likeness (QED) is 0.171. The van der Waals surface area contributed by atoms with Gasteiger partial charge in [0, 0.05) is 43.9 Å². The number of fused-ring (bicyclic) bond motifs is 6. The van der Waals surface area contributed by atoms with Crippen LogP contribution >= 0.6 is 0 Å². The van der Waals surface area contributed by atoms with E-state index in [9.17, 15) is 2.74 Å². The summed E-state index contributed by atoms with van der Waals surface area (Å²) in [6.45, 7) is 0. The molecular formula is C51H32N4O. The third-order valence-corrected chi connectivity index (χ3v) is 10.0. The minimum atomic E-state index is -0.544. The number of rotatable bonds is 6. The van der Waals surface area contributed by atoms with Crippen LogP contribution < -0.4 is 0 Å². The lowest BCUT2D eigenvalue weighted by atomic mass is 9.99. The summed E-state index contributed by atoms with van der Waals surface area (Å²) in [5.41, 5.74) is 6.30. The van der Waals surface area contributed by atoms with Gasteiger partial charge in [-0.25, -0.2) is 15.0 Å². The van der Waals surface area contributed by atoms with Crippen LogP contribution in [0.4, 0.5) is 0 Å². The Bertz CT molecular complexity index is 3750. The molecule has 0 amide bonds. The van der Waals surface area contributed by atoms with E-state index in [1.165, 1.54) is 0 Å². The van der Waals surface area contributed by atoms with Gasteiger partial charge in [-0.05, 0) is 70.8 Å². The van der Waals surface area contributed by atoms with Crippen LogP contribution in [0.1, 0.15) is 12.3 Å². The molecule has 56 heavy (non-hydrogen) atoms. The predicted octanol–water partition coefficient (Wildman–Crippen LogP) is 13.2. The van der Waals surface area contributed by atoms with E-state index < -0.39 is 42.3 Å². The van der Waals surface area contributed by atoms with Gasteiger partial charge in [0.25, 0.3) is 0 Å². The zero-order valence-corrected chi connectivity index (χ0v) is 29.5. The summed E-state index contributed by atoms with van der Waals surface area (Å²) >= 11 is 0. The van der Waals surface area contributed by atoms with Crippen LogP contribution in [0, 0.1) is 0 Å². The van der Waals surface area contributed by atoms with Gasteiger partial charge in [0.05, 0.1) is 23.4 Å². The molecule has 0 saturated carbocycles. The van der Waals surface area contributed by atoms with Crippen molar-refractivity contribution in [1.29, 1.82) is 0 Å². The van der Waals surface area contributed by atoms with Gasteiger partial charge in [0.1, 0.15) is 11.2 Å². The summed E-state index contributed by atoms with van der Waals surface area (Å²) in [6, 6.07) is 39.8. The van der Waals surface area contributed by atoms with Crippen LogP contribution in [0.25, 0.3) is 106 Å². The molecule has 5 nitrogen and oxygen atoms in total. The molecule has 0 fully saturated rings. The smallest absolute Gasteiger partial charge is 0.164 e. The van der Waals surface area contributed by atoms with Crippen molar-refractivity contribution in [3.05, 3.63) is 194 Å². The van der Waals surface area contributed by atoms with E-state index in [-0.39, 0.29) is 34.1 Å². The fraction of sp³-hybridized carbons (Fsp3) is 0. The van der Waals surface area contributed by atoms with E-state index in [0.29, 0.717) is 50.8 Å². The lowest BCUT2D eigenvalue weighted by molar-refractivity contribution is 0.669. The molecule has 0 radical (unpaired) electrons. The van der Waals surface area contributed by atoms with Gasteiger partial charge in [-0.1, -0.05) is 145 Å². The summed E-state index contributed by atoms with van der Waals surface area (Å²) in [6.07, 6.45) is 0. The fourth-order valence-electron chi connectivity index (χ4n) is 7.51. The van der Waals surface area contributed by atoms with Crippen LogP contribution in [0.15, 0.2) is 198 Å². The van der Waals surface area contributed by atoms with Crippen molar-refractivity contribution in [2.45, 2.75) is 0 Å². The molecule has 3 aromatic heterocycles. The Morgan fingerprint density at radius 2 is 1.07 bits per heavy atom. The number of nitrogens with zero attached hydrogens (tertiary/aromatic N) is 4. The highest BCUT2D eigenvalue weighted by Crippen LogP contribution is 2.40. The van der Waals surface area contributed by atoms with Crippen molar-refractivity contribution in [2.24, 2.45) is 0 Å². The third kappa shape index (κ3) is 5.37. The van der Waals surface area contributed by atoms with Crippen LogP contribution in [0.5, 0.6) is 0 Å². The van der Waals surface area contributed by atoms with Crippen molar-refractivity contribution in [3.63, 3.8) is 0 Å². The lowest BCUT2D eigenvalue weighted by Crippen LogP contribution is -2.02. The van der Waals surface area contributed by atoms with Crippen molar-refractivity contribution < 1.29 is 16.8 Å². The highest BCUT2D eigenvalue weighted by Gasteiger charge is 2.20. The molecular weight excluding hydrogens is 685 g/mol. The number of aromatic nitrogens is 4. The van der Waals surface area contributed by atoms with Gasteiger partial charge in [-0.15, -0.1) is 0 Å². The SMILES string of the molecule is [2H]c1c([2H])c([2H])c(-c2cccc3c2c2c([2H])c([2H])c([2H])c([2H])c2n3-c2cc(-c3ccccc3)cc(-c3nc(-c4ccccc4)nc(-c4ccc5c(c4)oc4ccccc45)n3)c2)c([2H])c1[2H]. The maximum Gasteiger partial charge on any atom is 0.164 e. The van der Waals surface area contributed by atoms with Crippen molar-refractivity contribution in [3.8, 4) is 62.1 Å². The molecule has 8 aromatic carbocycles. The standard InChI is InChI=1S/C51H32N4O/c1-4-15-33(16-5-1)37-29-38(31-39(30-37)55-44-24-12-10-22-43(44)48-40(23-14-25-45(48)55)34-17-6-2-7-18-34)51-53-49(35-19-8-3-9-20-35)52-50(54-51)36-27-28-42-41-21-11-13-26-46(41)56-47(42)32-36/h1-32H/i2D,6D,7D,10D,12D,17D,18D,22D,24D. The molecule has 0 N–H and O–H groups in total. The number of furan rings is 1. The number of hydrogen-bond acceptors (Lipinski definition) is 4. The van der Waals surface area contributed by atoms with Crippen molar-refractivity contribution >= 4 is 43.7 Å². The Balaban J connectivity index is 1.22. The summed E-state index contributed by atoms with van der Waals surface area (Å²) in [4.78, 5) is 15.2. The van der Waals surface area contributed by atoms with E-state index in [1.54, 1.807) is 22.8 Å². The number of hydrogen-bond donors (Lipinski definition) is 0. The zero-order valence-electron chi connectivity index (χ0n) is 38.5. The van der Waals surface area contributed by atoms with Gasteiger partial charge < -0.3 is 8.98 Å². The Morgan fingerprint density at radius 1 is 0.411 bits per heavy atom. The molecule has 0 aliphatic heterocycles. The summed E-state index contributed by atoms with van der Waals surface area (Å²) < 4.78 is 87.3. The van der Waals surface area contributed by atoms with E-state index in [2.05, 4.69) is 0 Å². The molecule has 11 aromatic rings. The molecule has 0 saturated heterocycles. The van der Waals surface area contributed by atoms with E-state index in [1.807, 2.05) is 121 Å². The topological polar surface area (TPSA) is 56.7 Å². The number of benzene rings is 8. The summed E-state index contributed by atoms with van der Waals surface area (Å²) in [7, 11) is 0. The first-order chi connectivity index (χ1) is 31.5. The van der Waals surface area contributed by atoms with Gasteiger partial charge in [-0.3, -0.25) is 0 Å². The van der Waals surface area contributed by atoms with Crippen LogP contribution in [-0.4, -0.2) is 19.5 Å². The van der Waals surface area contributed by atoms with E-state index >= 15 is 0 Å². The third-order valence-electron chi connectivity index (χ3n) is 10.0. The van der Waals surface area contributed by atoms with Crippen LogP contribution in [0.2, 0.25) is 0 Å². The van der Waals surface area contributed by atoms with Crippen LogP contribution in [0.3, 0.4) is 0 Å². The second kappa shape index (κ2) is 13.0. The number of para-hydroxylation sites is 2. The molecule has 5 heteroatoms. The molecule has 0 bridgehead atoms. The predicted molar refractivity (Wildman–Crippen MR) is 229 cm³/mol. The van der Waals surface area contributed by atoms with Crippen molar-refractivity contribution in [1.82, 2.24) is 19.5 Å². The average Bonchev–Trinajstić information content (AvgIpc) is 3.91. The second-order valence-electron chi connectivity index (χ2n) is 13.4. The van der Waals surface area contributed by atoms with E-state index in [0.717, 1.165) is 33.0 Å². The first-order valence-electron chi connectivity index (χ1n) is 22.5. The normalized spacial score (nSPS) is 13.8. The first kappa shape index (κ1) is 23.9. The summed E-state index contributed by atoms with van der Waals surface area (Å²) in [5.74, 6) is 1.16. The van der Waals surface area contributed by atoms with Gasteiger partial charge in [0.2, 0.25) is 0 Å². The fourth-order valence-corrected chi connectivity index (χ4v) is 7.51. The molecule has 0 aliphatic rings. The minimum absolute atomic E-state index is 0.0845. The molecule has 0 aliphatic carbocycles. The molecule has 0 atom stereocenters. The van der Waals surface area contributed by atoms with Crippen LogP contribution in [-0.2, 0) is 0 Å². The first-order valence-corrected chi connectivity index (χ1v) is 18.0. The highest BCUT2D eigenvalue weighted by molar-refractivity contribution is 6.16.